The van der Waals surface area contributed by atoms with Gasteiger partial charge in [-0.15, -0.1) is 0 Å². The molecule has 108 valence electrons. The van der Waals surface area contributed by atoms with Gasteiger partial charge in [0.25, 0.3) is 5.91 Å². The summed E-state index contributed by atoms with van der Waals surface area (Å²) in [6.07, 6.45) is 0.926. The molecule has 0 saturated carbocycles. The summed E-state index contributed by atoms with van der Waals surface area (Å²) in [4.78, 5) is 16.8. The minimum atomic E-state index is -0.0296. The van der Waals surface area contributed by atoms with Crippen molar-refractivity contribution in [1.82, 2.24) is 14.9 Å². The van der Waals surface area contributed by atoms with Crippen molar-refractivity contribution in [3.05, 3.63) is 29.6 Å². The second-order valence-electron chi connectivity index (χ2n) is 5.67. The van der Waals surface area contributed by atoms with Crippen molar-refractivity contribution >= 4 is 16.9 Å². The van der Waals surface area contributed by atoms with Crippen LogP contribution >= 0.6 is 0 Å². The van der Waals surface area contributed by atoms with Crippen LogP contribution in [0.3, 0.4) is 0 Å². The molecule has 0 bridgehead atoms. The van der Waals surface area contributed by atoms with E-state index in [9.17, 15) is 4.79 Å². The Morgan fingerprint density at radius 2 is 2.05 bits per heavy atom. The molecule has 1 heterocycles. The van der Waals surface area contributed by atoms with Crippen LogP contribution in [0.25, 0.3) is 11.0 Å². The Kier molecular flexibility index (Phi) is 4.12. The first kappa shape index (κ1) is 14.6. The van der Waals surface area contributed by atoms with Gasteiger partial charge in [0.2, 0.25) is 0 Å². The summed E-state index contributed by atoms with van der Waals surface area (Å²) in [5.41, 5.74) is 2.62. The van der Waals surface area contributed by atoms with Crippen molar-refractivity contribution in [1.29, 1.82) is 0 Å². The predicted molar refractivity (Wildman–Crippen MR) is 82.0 cm³/mol. The number of rotatable bonds is 4. The average Bonchev–Trinajstić information content (AvgIpc) is 2.75. The molecule has 1 N–H and O–H groups in total. The van der Waals surface area contributed by atoms with Gasteiger partial charge in [-0.2, -0.15) is 0 Å². The zero-order valence-electron chi connectivity index (χ0n) is 12.9. The number of aryl methyl sites for hydroxylation is 1. The summed E-state index contributed by atoms with van der Waals surface area (Å²) in [5, 5.41) is 2.98. The molecule has 1 aromatic heterocycles. The third-order valence-corrected chi connectivity index (χ3v) is 3.68. The van der Waals surface area contributed by atoms with Crippen LogP contribution in [-0.4, -0.2) is 21.5 Å². The Bertz CT molecular complexity index is 628. The van der Waals surface area contributed by atoms with Crippen LogP contribution in [0, 0.1) is 0 Å². The number of nitrogens with zero attached hydrogens (tertiary/aromatic N) is 2. The summed E-state index contributed by atoms with van der Waals surface area (Å²) in [5.74, 6) is 1.38. The van der Waals surface area contributed by atoms with Crippen LogP contribution in [0.1, 0.15) is 56.2 Å². The first-order valence-electron chi connectivity index (χ1n) is 7.21. The lowest BCUT2D eigenvalue weighted by Gasteiger charge is -2.11. The molecule has 0 saturated heterocycles. The standard InChI is InChI=1S/C16H23N3O/c1-6-11(4)17-16(20)12-7-8-14-13(9-12)18-15(10(2)3)19(14)5/h7-11H,6H2,1-5H3,(H,17,20). The van der Waals surface area contributed by atoms with Gasteiger partial charge >= 0.3 is 0 Å². The van der Waals surface area contributed by atoms with E-state index in [2.05, 4.69) is 35.6 Å². The number of aromatic nitrogens is 2. The van der Waals surface area contributed by atoms with Gasteiger partial charge < -0.3 is 9.88 Å². The molecule has 2 aromatic rings. The minimum Gasteiger partial charge on any atom is -0.350 e. The molecular weight excluding hydrogens is 250 g/mol. The third kappa shape index (κ3) is 2.69. The van der Waals surface area contributed by atoms with Crippen LogP contribution < -0.4 is 5.32 Å². The van der Waals surface area contributed by atoms with E-state index in [4.69, 9.17) is 0 Å². The van der Waals surface area contributed by atoms with Crippen molar-refractivity contribution in [3.63, 3.8) is 0 Å². The second kappa shape index (κ2) is 5.65. The van der Waals surface area contributed by atoms with Crippen LogP contribution in [0.2, 0.25) is 0 Å². The van der Waals surface area contributed by atoms with E-state index in [1.165, 1.54) is 0 Å². The van der Waals surface area contributed by atoms with Gasteiger partial charge in [-0.1, -0.05) is 20.8 Å². The lowest BCUT2D eigenvalue weighted by molar-refractivity contribution is 0.0939. The number of benzene rings is 1. The van der Waals surface area contributed by atoms with Crippen LogP contribution in [-0.2, 0) is 7.05 Å². The molecule has 4 heteroatoms. The highest BCUT2D eigenvalue weighted by Gasteiger charge is 2.14. The van der Waals surface area contributed by atoms with Crippen molar-refractivity contribution in [2.75, 3.05) is 0 Å². The normalized spacial score (nSPS) is 12.9. The highest BCUT2D eigenvalue weighted by atomic mass is 16.1. The highest BCUT2D eigenvalue weighted by molar-refractivity contribution is 5.97. The van der Waals surface area contributed by atoms with E-state index in [0.29, 0.717) is 11.5 Å². The molecule has 1 aromatic carbocycles. The molecule has 4 nitrogen and oxygen atoms in total. The number of carbonyl (C=O) groups excluding carboxylic acids is 1. The molecule has 0 aliphatic rings. The van der Waals surface area contributed by atoms with Crippen LogP contribution in [0.5, 0.6) is 0 Å². The molecule has 1 atom stereocenters. The maximum atomic E-state index is 12.1. The Morgan fingerprint density at radius 1 is 1.35 bits per heavy atom. The van der Waals surface area contributed by atoms with Gasteiger partial charge in [-0.25, -0.2) is 4.98 Å². The molecular formula is C16H23N3O. The summed E-state index contributed by atoms with van der Waals surface area (Å²) < 4.78 is 2.09. The lowest BCUT2D eigenvalue weighted by Crippen LogP contribution is -2.31. The molecule has 1 unspecified atom stereocenters. The monoisotopic (exact) mass is 273 g/mol. The summed E-state index contributed by atoms with van der Waals surface area (Å²) in [7, 11) is 2.02. The maximum absolute atomic E-state index is 12.1. The zero-order chi connectivity index (χ0) is 14.9. The topological polar surface area (TPSA) is 46.9 Å². The van der Waals surface area contributed by atoms with Gasteiger partial charge in [0, 0.05) is 24.6 Å². The van der Waals surface area contributed by atoms with E-state index >= 15 is 0 Å². The van der Waals surface area contributed by atoms with Gasteiger partial charge in [0.1, 0.15) is 5.82 Å². The highest BCUT2D eigenvalue weighted by Crippen LogP contribution is 2.21. The van der Waals surface area contributed by atoms with Crippen molar-refractivity contribution in [2.24, 2.45) is 7.05 Å². The first-order valence-corrected chi connectivity index (χ1v) is 7.21. The first-order chi connectivity index (χ1) is 9.43. The summed E-state index contributed by atoms with van der Waals surface area (Å²) in [6.45, 7) is 8.31. The number of imidazole rings is 1. The lowest BCUT2D eigenvalue weighted by atomic mass is 10.1. The van der Waals surface area contributed by atoms with Crippen molar-refractivity contribution in [2.45, 2.75) is 46.1 Å². The molecule has 1 amide bonds. The smallest absolute Gasteiger partial charge is 0.251 e. The van der Waals surface area contributed by atoms with Crippen molar-refractivity contribution in [3.8, 4) is 0 Å². The Labute approximate surface area is 120 Å². The van der Waals surface area contributed by atoms with E-state index in [1.807, 2.05) is 32.2 Å². The molecule has 2 rings (SSSR count). The second-order valence-corrected chi connectivity index (χ2v) is 5.67. The van der Waals surface area contributed by atoms with Crippen molar-refractivity contribution < 1.29 is 4.79 Å². The van der Waals surface area contributed by atoms with Gasteiger partial charge in [-0.05, 0) is 31.5 Å². The number of hydrogen-bond donors (Lipinski definition) is 1. The molecule has 0 aliphatic heterocycles. The number of hydrogen-bond acceptors (Lipinski definition) is 2. The Morgan fingerprint density at radius 3 is 2.65 bits per heavy atom. The molecule has 20 heavy (non-hydrogen) atoms. The SMILES string of the molecule is CCC(C)NC(=O)c1ccc2c(c1)nc(C(C)C)n2C. The third-order valence-electron chi connectivity index (χ3n) is 3.68. The van der Waals surface area contributed by atoms with Gasteiger partial charge in [-0.3, -0.25) is 4.79 Å². The zero-order valence-corrected chi connectivity index (χ0v) is 12.9. The Balaban J connectivity index is 2.36. The molecule has 0 spiro atoms. The fourth-order valence-corrected chi connectivity index (χ4v) is 2.29. The van der Waals surface area contributed by atoms with Crippen LogP contribution in [0.4, 0.5) is 0 Å². The van der Waals surface area contributed by atoms with Crippen LogP contribution in [0.15, 0.2) is 18.2 Å². The number of fused-ring (bicyclic) bond motifs is 1. The average molecular weight is 273 g/mol. The van der Waals surface area contributed by atoms with Gasteiger partial charge in [0.05, 0.1) is 11.0 Å². The quantitative estimate of drug-likeness (QED) is 0.929. The van der Waals surface area contributed by atoms with E-state index in [1.54, 1.807) is 0 Å². The minimum absolute atomic E-state index is 0.0296. The van der Waals surface area contributed by atoms with E-state index < -0.39 is 0 Å². The molecule has 0 aliphatic carbocycles. The largest absolute Gasteiger partial charge is 0.350 e. The number of amides is 1. The maximum Gasteiger partial charge on any atom is 0.251 e. The Hall–Kier alpha value is -1.84. The summed E-state index contributed by atoms with van der Waals surface area (Å²) in [6, 6.07) is 5.90. The number of nitrogens with one attached hydrogen (secondary N) is 1. The van der Waals surface area contributed by atoms with E-state index in [0.717, 1.165) is 23.3 Å². The van der Waals surface area contributed by atoms with E-state index in [-0.39, 0.29) is 11.9 Å². The number of carbonyl (C=O) groups is 1. The fraction of sp³-hybridized carbons (Fsp3) is 0.500. The summed E-state index contributed by atoms with van der Waals surface area (Å²) >= 11 is 0. The predicted octanol–water partition coefficient (Wildman–Crippen LogP) is 3.23. The van der Waals surface area contributed by atoms with Gasteiger partial charge in [0.15, 0.2) is 0 Å². The molecule has 0 fully saturated rings. The fourth-order valence-electron chi connectivity index (χ4n) is 2.29. The molecule has 0 radical (unpaired) electrons.